The van der Waals surface area contributed by atoms with Gasteiger partial charge < -0.3 is 14.6 Å². The highest BCUT2D eigenvalue weighted by molar-refractivity contribution is 5.97. The molecule has 2 unspecified atom stereocenters. The Labute approximate surface area is 145 Å². The van der Waals surface area contributed by atoms with Crippen LogP contribution in [0.4, 0.5) is 5.69 Å². The van der Waals surface area contributed by atoms with Crippen molar-refractivity contribution in [2.45, 2.75) is 18.3 Å². The number of amides is 1. The summed E-state index contributed by atoms with van der Waals surface area (Å²) in [4.78, 5) is 17.2. The topological polar surface area (TPSA) is 56.2 Å². The lowest BCUT2D eigenvalue weighted by Gasteiger charge is -2.26. The van der Waals surface area contributed by atoms with Gasteiger partial charge in [-0.1, -0.05) is 18.2 Å². The number of imidazole rings is 1. The molecule has 1 N–H and O–H groups in total. The summed E-state index contributed by atoms with van der Waals surface area (Å²) in [5.74, 6) is 1.03. The summed E-state index contributed by atoms with van der Waals surface area (Å²) in [7, 11) is 1.96. The average molecular weight is 333 g/mol. The Balaban J connectivity index is 1.39. The quantitative estimate of drug-likeness (QED) is 0.783. The maximum atomic E-state index is 12.8. The van der Waals surface area contributed by atoms with Crippen molar-refractivity contribution >= 4 is 22.6 Å². The van der Waals surface area contributed by atoms with Crippen molar-refractivity contribution < 1.29 is 9.53 Å². The van der Waals surface area contributed by atoms with Crippen molar-refractivity contribution in [2.75, 3.05) is 11.9 Å². The lowest BCUT2D eigenvalue weighted by molar-refractivity contribution is -0.117. The molecule has 1 aliphatic carbocycles. The Hall–Kier alpha value is -2.82. The fourth-order valence-electron chi connectivity index (χ4n) is 4.15. The number of carbonyl (C=O) groups is 1. The molecule has 0 radical (unpaired) electrons. The number of hydrogen-bond acceptors (Lipinski definition) is 3. The van der Waals surface area contributed by atoms with Gasteiger partial charge in [0, 0.05) is 29.6 Å². The Morgan fingerprint density at radius 1 is 1.32 bits per heavy atom. The minimum absolute atomic E-state index is 0.0111. The molecule has 1 aliphatic heterocycles. The zero-order valence-electron chi connectivity index (χ0n) is 14.0. The van der Waals surface area contributed by atoms with Crippen molar-refractivity contribution in [2.24, 2.45) is 13.0 Å². The fourth-order valence-corrected chi connectivity index (χ4v) is 4.15. The summed E-state index contributed by atoms with van der Waals surface area (Å²) in [6, 6.07) is 14.0. The molecule has 1 aromatic heterocycles. The number of nitrogens with zero attached hydrogens (tertiary/aromatic N) is 2. The second-order valence-electron chi connectivity index (χ2n) is 7.06. The number of nitrogens with one attached hydrogen (secondary N) is 1. The number of carbonyl (C=O) groups excluding carboxylic acids is 1. The maximum absolute atomic E-state index is 12.8. The average Bonchev–Trinajstić information content (AvgIpc) is 3.23. The molecule has 1 amide bonds. The molecule has 2 heterocycles. The number of rotatable bonds is 2. The van der Waals surface area contributed by atoms with Crippen LogP contribution in [-0.2, 0) is 17.3 Å². The summed E-state index contributed by atoms with van der Waals surface area (Å²) in [5.41, 5.74) is 3.88. The molecule has 2 aromatic carbocycles. The van der Waals surface area contributed by atoms with E-state index in [1.54, 1.807) is 6.33 Å². The first kappa shape index (κ1) is 14.5. The van der Waals surface area contributed by atoms with Crippen molar-refractivity contribution in [1.29, 1.82) is 0 Å². The number of aryl methyl sites for hydroxylation is 1. The van der Waals surface area contributed by atoms with Crippen LogP contribution in [0.1, 0.15) is 18.4 Å². The SMILES string of the molecule is Cn1cnc2cc(NC(=O)C3CC34CCOc3ccccc34)ccc21. The predicted molar refractivity (Wildman–Crippen MR) is 95.7 cm³/mol. The van der Waals surface area contributed by atoms with Gasteiger partial charge in [0.05, 0.1) is 24.0 Å². The van der Waals surface area contributed by atoms with Crippen LogP contribution in [0.15, 0.2) is 48.8 Å². The normalized spacial score (nSPS) is 24.0. The van der Waals surface area contributed by atoms with Crippen LogP contribution in [0.25, 0.3) is 11.0 Å². The fraction of sp³-hybridized carbons (Fsp3) is 0.300. The molecule has 5 rings (SSSR count). The molecule has 25 heavy (non-hydrogen) atoms. The summed E-state index contributed by atoms with van der Waals surface area (Å²) in [6.07, 6.45) is 3.58. The largest absolute Gasteiger partial charge is 0.493 e. The first-order valence-electron chi connectivity index (χ1n) is 8.62. The molecular weight excluding hydrogens is 314 g/mol. The van der Waals surface area contributed by atoms with Crippen LogP contribution in [0.2, 0.25) is 0 Å². The molecular formula is C20H19N3O2. The number of fused-ring (bicyclic) bond motifs is 3. The van der Waals surface area contributed by atoms with Crippen molar-refractivity contribution in [3.8, 4) is 5.75 Å². The Morgan fingerprint density at radius 3 is 3.12 bits per heavy atom. The molecule has 3 aromatic rings. The van der Waals surface area contributed by atoms with E-state index in [-0.39, 0.29) is 17.2 Å². The zero-order valence-corrected chi connectivity index (χ0v) is 14.0. The van der Waals surface area contributed by atoms with E-state index in [2.05, 4.69) is 16.4 Å². The van der Waals surface area contributed by atoms with Gasteiger partial charge >= 0.3 is 0 Å². The van der Waals surface area contributed by atoms with Gasteiger partial charge in [-0.05, 0) is 37.1 Å². The third-order valence-corrected chi connectivity index (χ3v) is 5.61. The highest BCUT2D eigenvalue weighted by atomic mass is 16.5. The van der Waals surface area contributed by atoms with Gasteiger partial charge in [-0.3, -0.25) is 4.79 Å². The van der Waals surface area contributed by atoms with Crippen LogP contribution < -0.4 is 10.1 Å². The smallest absolute Gasteiger partial charge is 0.228 e. The summed E-state index contributed by atoms with van der Waals surface area (Å²) >= 11 is 0. The van der Waals surface area contributed by atoms with Crippen LogP contribution in [0, 0.1) is 5.92 Å². The number of hydrogen-bond donors (Lipinski definition) is 1. The second-order valence-corrected chi connectivity index (χ2v) is 7.06. The molecule has 2 atom stereocenters. The minimum Gasteiger partial charge on any atom is -0.493 e. The van der Waals surface area contributed by atoms with E-state index >= 15 is 0 Å². The van der Waals surface area contributed by atoms with Gasteiger partial charge in [0.15, 0.2) is 0 Å². The minimum atomic E-state index is -0.0476. The number of benzene rings is 2. The maximum Gasteiger partial charge on any atom is 0.228 e. The highest BCUT2D eigenvalue weighted by Gasteiger charge is 2.60. The van der Waals surface area contributed by atoms with E-state index in [0.717, 1.165) is 35.3 Å². The van der Waals surface area contributed by atoms with Crippen LogP contribution in [0.5, 0.6) is 5.75 Å². The Kier molecular flexibility index (Phi) is 2.95. The molecule has 0 bridgehead atoms. The van der Waals surface area contributed by atoms with Gasteiger partial charge in [0.2, 0.25) is 5.91 Å². The van der Waals surface area contributed by atoms with Crippen molar-refractivity contribution in [1.82, 2.24) is 9.55 Å². The summed E-state index contributed by atoms with van der Waals surface area (Å²) < 4.78 is 7.72. The third kappa shape index (κ3) is 2.15. The lowest BCUT2D eigenvalue weighted by atomic mass is 9.87. The standard InChI is InChI=1S/C20H19N3O2/c1-23-12-21-16-10-13(6-7-17(16)23)22-19(24)15-11-20(15)8-9-25-18-5-3-2-4-14(18)20/h2-7,10,12,15H,8-9,11H2,1H3,(H,22,24). The molecule has 2 aliphatic rings. The van der Waals surface area contributed by atoms with E-state index in [9.17, 15) is 4.79 Å². The van der Waals surface area contributed by atoms with E-state index < -0.39 is 0 Å². The molecule has 1 saturated carbocycles. The third-order valence-electron chi connectivity index (χ3n) is 5.61. The number of para-hydroxylation sites is 1. The Morgan fingerprint density at radius 2 is 2.20 bits per heavy atom. The summed E-state index contributed by atoms with van der Waals surface area (Å²) in [6.45, 7) is 0.681. The molecule has 126 valence electrons. The predicted octanol–water partition coefficient (Wildman–Crippen LogP) is 3.25. The second kappa shape index (κ2) is 5.09. The lowest BCUT2D eigenvalue weighted by Crippen LogP contribution is -2.26. The van der Waals surface area contributed by atoms with Crippen LogP contribution in [0.3, 0.4) is 0 Å². The zero-order chi connectivity index (χ0) is 17.0. The van der Waals surface area contributed by atoms with E-state index in [1.165, 1.54) is 5.56 Å². The molecule has 1 fully saturated rings. The highest BCUT2D eigenvalue weighted by Crippen LogP contribution is 2.60. The van der Waals surface area contributed by atoms with Gasteiger partial charge in [0.25, 0.3) is 0 Å². The van der Waals surface area contributed by atoms with E-state index in [4.69, 9.17) is 4.74 Å². The van der Waals surface area contributed by atoms with Crippen molar-refractivity contribution in [3.05, 3.63) is 54.4 Å². The molecule has 1 spiro atoms. The van der Waals surface area contributed by atoms with E-state index in [1.807, 2.05) is 48.0 Å². The van der Waals surface area contributed by atoms with Gasteiger partial charge in [-0.2, -0.15) is 0 Å². The molecule has 5 heteroatoms. The van der Waals surface area contributed by atoms with Gasteiger partial charge in [-0.25, -0.2) is 4.98 Å². The van der Waals surface area contributed by atoms with Gasteiger partial charge in [-0.15, -0.1) is 0 Å². The Bertz CT molecular complexity index is 994. The van der Waals surface area contributed by atoms with Crippen molar-refractivity contribution in [3.63, 3.8) is 0 Å². The summed E-state index contributed by atoms with van der Waals surface area (Å²) in [5, 5.41) is 3.08. The van der Waals surface area contributed by atoms with Gasteiger partial charge in [0.1, 0.15) is 5.75 Å². The van der Waals surface area contributed by atoms with Crippen LogP contribution >= 0.6 is 0 Å². The molecule has 5 nitrogen and oxygen atoms in total. The monoisotopic (exact) mass is 333 g/mol. The van der Waals surface area contributed by atoms with Crippen LogP contribution in [-0.4, -0.2) is 22.1 Å². The number of anilines is 1. The number of aromatic nitrogens is 2. The number of ether oxygens (including phenoxy) is 1. The first-order chi connectivity index (χ1) is 12.2. The van der Waals surface area contributed by atoms with E-state index in [0.29, 0.717) is 6.61 Å². The molecule has 0 saturated heterocycles. The first-order valence-corrected chi connectivity index (χ1v) is 8.62.